The summed E-state index contributed by atoms with van der Waals surface area (Å²) in [4.78, 5) is 29.2. The number of aromatic nitrogens is 5. The van der Waals surface area contributed by atoms with Crippen molar-refractivity contribution in [2.75, 3.05) is 22.1 Å². The molecule has 1 unspecified atom stereocenters. The zero-order valence-electron chi connectivity index (χ0n) is 19.4. The van der Waals surface area contributed by atoms with Crippen molar-refractivity contribution in [1.29, 1.82) is 0 Å². The molecule has 1 aliphatic heterocycles. The molecule has 6 rings (SSSR count). The van der Waals surface area contributed by atoms with Gasteiger partial charge in [-0.25, -0.2) is 9.97 Å². The molecule has 10 heteroatoms. The van der Waals surface area contributed by atoms with Crippen LogP contribution >= 0.6 is 11.3 Å². The standard InChI is InChI=1S/C24H30N8OS/c1-14-8-9-16-20(14)27-23(32-11-4-7-18(32)22(33)29-24-25-10-12-34-24)28-21(16)26-19-13-17(30-31-19)15-5-2-3-6-15/h10,12-15,18H,2-9,11H2,1H3,(H,25,29,33)(H2,26,27,28,30,31)/t14?,18-/m0/s1. The van der Waals surface area contributed by atoms with Crippen LogP contribution in [0.15, 0.2) is 17.6 Å². The van der Waals surface area contributed by atoms with Gasteiger partial charge in [0.2, 0.25) is 11.9 Å². The quantitative estimate of drug-likeness (QED) is 0.470. The maximum atomic E-state index is 13.0. The van der Waals surface area contributed by atoms with E-state index in [1.54, 1.807) is 6.20 Å². The van der Waals surface area contributed by atoms with Gasteiger partial charge in [-0.1, -0.05) is 19.8 Å². The molecule has 4 heterocycles. The minimum atomic E-state index is -0.300. The molecule has 3 aromatic rings. The van der Waals surface area contributed by atoms with Gasteiger partial charge in [0.1, 0.15) is 11.9 Å². The number of hydrogen-bond acceptors (Lipinski definition) is 8. The molecule has 3 aromatic heterocycles. The van der Waals surface area contributed by atoms with E-state index < -0.39 is 0 Å². The van der Waals surface area contributed by atoms with Gasteiger partial charge < -0.3 is 15.5 Å². The van der Waals surface area contributed by atoms with E-state index in [2.05, 4.69) is 38.8 Å². The maximum Gasteiger partial charge on any atom is 0.248 e. The van der Waals surface area contributed by atoms with Gasteiger partial charge in [-0.05, 0) is 44.4 Å². The summed E-state index contributed by atoms with van der Waals surface area (Å²) in [6.07, 6.45) is 10.5. The van der Waals surface area contributed by atoms with E-state index in [-0.39, 0.29) is 11.9 Å². The molecule has 3 N–H and O–H groups in total. The predicted molar refractivity (Wildman–Crippen MR) is 133 cm³/mol. The number of fused-ring (bicyclic) bond motifs is 1. The van der Waals surface area contributed by atoms with Crippen LogP contribution < -0.4 is 15.5 Å². The number of aromatic amines is 1. The summed E-state index contributed by atoms with van der Waals surface area (Å²) in [5, 5.41) is 16.7. The van der Waals surface area contributed by atoms with Crippen LogP contribution in [0.5, 0.6) is 0 Å². The van der Waals surface area contributed by atoms with Crippen molar-refractivity contribution in [1.82, 2.24) is 25.1 Å². The summed E-state index contributed by atoms with van der Waals surface area (Å²) in [6, 6.07) is 1.83. The fraction of sp³-hybridized carbons (Fsp3) is 0.542. The van der Waals surface area contributed by atoms with Gasteiger partial charge in [0.25, 0.3) is 0 Å². The second kappa shape index (κ2) is 8.98. The predicted octanol–water partition coefficient (Wildman–Crippen LogP) is 4.71. The first-order valence-electron chi connectivity index (χ1n) is 12.4. The Hall–Kier alpha value is -3.01. The lowest BCUT2D eigenvalue weighted by atomic mass is 10.0. The summed E-state index contributed by atoms with van der Waals surface area (Å²) in [5.41, 5.74) is 3.47. The number of nitrogens with one attached hydrogen (secondary N) is 3. The topological polar surface area (TPSA) is 112 Å². The fourth-order valence-corrected chi connectivity index (χ4v) is 6.12. The van der Waals surface area contributed by atoms with Gasteiger partial charge in [0.15, 0.2) is 10.9 Å². The normalized spacial score (nSPS) is 22.3. The van der Waals surface area contributed by atoms with E-state index >= 15 is 0 Å². The van der Waals surface area contributed by atoms with Gasteiger partial charge in [0, 0.05) is 41.4 Å². The van der Waals surface area contributed by atoms with Crippen molar-refractivity contribution >= 4 is 40.0 Å². The zero-order valence-corrected chi connectivity index (χ0v) is 20.2. The first-order valence-corrected chi connectivity index (χ1v) is 13.2. The number of thiazole rings is 1. The minimum Gasteiger partial charge on any atom is -0.329 e. The second-order valence-electron chi connectivity index (χ2n) is 9.67. The van der Waals surface area contributed by atoms with Crippen molar-refractivity contribution in [3.63, 3.8) is 0 Å². The fourth-order valence-electron chi connectivity index (χ4n) is 5.59. The Kier molecular flexibility index (Phi) is 5.68. The lowest BCUT2D eigenvalue weighted by molar-refractivity contribution is -0.117. The third kappa shape index (κ3) is 4.04. The first-order chi connectivity index (χ1) is 16.7. The third-order valence-corrected chi connectivity index (χ3v) is 8.12. The number of amides is 1. The molecule has 1 amide bonds. The van der Waals surface area contributed by atoms with Crippen molar-refractivity contribution in [2.24, 2.45) is 0 Å². The van der Waals surface area contributed by atoms with Gasteiger partial charge >= 0.3 is 0 Å². The SMILES string of the molecule is CC1CCc2c(Nc3cc(C4CCCC4)[nH]n3)nc(N3CCC[C@H]3C(=O)Nc3nccs3)nc21. The van der Waals surface area contributed by atoms with E-state index in [9.17, 15) is 4.79 Å². The van der Waals surface area contributed by atoms with Crippen LogP contribution in [0.1, 0.15) is 80.7 Å². The Balaban J connectivity index is 1.28. The zero-order chi connectivity index (χ0) is 23.1. The highest BCUT2D eigenvalue weighted by atomic mass is 32.1. The number of rotatable bonds is 6. The number of anilines is 4. The number of carbonyl (C=O) groups is 1. The molecule has 1 saturated heterocycles. The van der Waals surface area contributed by atoms with Crippen molar-refractivity contribution in [2.45, 2.75) is 76.2 Å². The second-order valence-corrected chi connectivity index (χ2v) is 10.6. The van der Waals surface area contributed by atoms with Crippen LogP contribution in [0.4, 0.5) is 22.7 Å². The Labute approximate surface area is 202 Å². The minimum absolute atomic E-state index is 0.0485. The highest BCUT2D eigenvalue weighted by Crippen LogP contribution is 2.39. The number of hydrogen-bond donors (Lipinski definition) is 3. The molecule has 0 aromatic carbocycles. The molecule has 34 heavy (non-hydrogen) atoms. The lowest BCUT2D eigenvalue weighted by Crippen LogP contribution is -2.40. The van der Waals surface area contributed by atoms with Gasteiger partial charge in [-0.15, -0.1) is 11.3 Å². The number of H-pyrrole nitrogens is 1. The van der Waals surface area contributed by atoms with Gasteiger partial charge in [-0.2, -0.15) is 10.1 Å². The van der Waals surface area contributed by atoms with E-state index in [4.69, 9.17) is 9.97 Å². The Morgan fingerprint density at radius 3 is 2.88 bits per heavy atom. The van der Waals surface area contributed by atoms with Crippen LogP contribution in [0, 0.1) is 0 Å². The third-order valence-electron chi connectivity index (χ3n) is 7.44. The molecular weight excluding hydrogens is 448 g/mol. The maximum absolute atomic E-state index is 13.0. The summed E-state index contributed by atoms with van der Waals surface area (Å²) in [6.45, 7) is 2.98. The Morgan fingerprint density at radius 2 is 2.06 bits per heavy atom. The molecule has 178 valence electrons. The van der Waals surface area contributed by atoms with E-state index in [0.717, 1.165) is 49.6 Å². The van der Waals surface area contributed by atoms with Crippen LogP contribution in [0.25, 0.3) is 0 Å². The molecule has 2 fully saturated rings. The molecule has 0 bridgehead atoms. The van der Waals surface area contributed by atoms with Crippen LogP contribution in [-0.4, -0.2) is 43.6 Å². The summed E-state index contributed by atoms with van der Waals surface area (Å²) in [5.74, 6) is 3.14. The molecule has 2 atom stereocenters. The Morgan fingerprint density at radius 1 is 1.18 bits per heavy atom. The van der Waals surface area contributed by atoms with Crippen LogP contribution in [-0.2, 0) is 11.2 Å². The molecule has 1 saturated carbocycles. The molecular formula is C24H30N8OS. The van der Waals surface area contributed by atoms with Crippen molar-refractivity contribution in [3.8, 4) is 0 Å². The largest absolute Gasteiger partial charge is 0.329 e. The van der Waals surface area contributed by atoms with E-state index in [1.807, 2.05) is 10.3 Å². The summed E-state index contributed by atoms with van der Waals surface area (Å²) < 4.78 is 0. The van der Waals surface area contributed by atoms with Crippen LogP contribution in [0.3, 0.4) is 0 Å². The van der Waals surface area contributed by atoms with Crippen molar-refractivity contribution in [3.05, 3.63) is 34.6 Å². The molecule has 0 radical (unpaired) electrons. The van der Waals surface area contributed by atoms with E-state index in [1.165, 1.54) is 48.3 Å². The van der Waals surface area contributed by atoms with Crippen molar-refractivity contribution < 1.29 is 4.79 Å². The van der Waals surface area contributed by atoms with Gasteiger partial charge in [-0.3, -0.25) is 9.89 Å². The number of nitrogens with zero attached hydrogens (tertiary/aromatic N) is 5. The number of carbonyl (C=O) groups excluding carboxylic acids is 1. The smallest absolute Gasteiger partial charge is 0.248 e. The molecule has 3 aliphatic rings. The lowest BCUT2D eigenvalue weighted by Gasteiger charge is -2.25. The summed E-state index contributed by atoms with van der Waals surface area (Å²) in [7, 11) is 0. The van der Waals surface area contributed by atoms with Crippen LogP contribution in [0.2, 0.25) is 0 Å². The van der Waals surface area contributed by atoms with E-state index in [0.29, 0.717) is 22.9 Å². The van der Waals surface area contributed by atoms with Gasteiger partial charge in [0.05, 0.1) is 5.69 Å². The molecule has 9 nitrogen and oxygen atoms in total. The first kappa shape index (κ1) is 21.5. The molecule has 2 aliphatic carbocycles. The highest BCUT2D eigenvalue weighted by Gasteiger charge is 2.35. The summed E-state index contributed by atoms with van der Waals surface area (Å²) >= 11 is 1.43. The Bertz CT molecular complexity index is 1170. The molecule has 0 spiro atoms. The average molecular weight is 479 g/mol. The monoisotopic (exact) mass is 478 g/mol. The highest BCUT2D eigenvalue weighted by molar-refractivity contribution is 7.13. The average Bonchev–Trinajstić information content (AvgIpc) is 3.65.